The van der Waals surface area contributed by atoms with Gasteiger partial charge < -0.3 is 16.0 Å². The predicted molar refractivity (Wildman–Crippen MR) is 95.7 cm³/mol. The molecular weight excluding hydrogens is 310 g/mol. The molecule has 0 radical (unpaired) electrons. The first-order valence-corrected chi connectivity index (χ1v) is 8.30. The molecule has 2 amide bonds. The Morgan fingerprint density at radius 3 is 2.30 bits per heavy atom. The number of nitrogens with one attached hydrogen (secondary N) is 4. The van der Waals surface area contributed by atoms with Crippen LogP contribution in [0, 0.1) is 0 Å². The zero-order valence-corrected chi connectivity index (χ0v) is 13.9. The van der Waals surface area contributed by atoms with Crippen LogP contribution in [0.3, 0.4) is 0 Å². The molecular formula is C16H21N5OS. The Kier molecular flexibility index (Phi) is 4.76. The molecule has 2 fully saturated rings. The number of amides is 2. The molecule has 0 unspecified atom stereocenters. The fourth-order valence-electron chi connectivity index (χ4n) is 2.02. The number of hydrazone groups is 1. The number of carbonyl (C=O) groups excluding carboxylic acids is 1. The second kappa shape index (κ2) is 6.95. The van der Waals surface area contributed by atoms with Crippen molar-refractivity contribution in [1.82, 2.24) is 16.1 Å². The fourth-order valence-corrected chi connectivity index (χ4v) is 2.23. The van der Waals surface area contributed by atoms with Crippen LogP contribution in [0.5, 0.6) is 0 Å². The fraction of sp³-hybridized carbons (Fsp3) is 0.438. The summed E-state index contributed by atoms with van der Waals surface area (Å²) in [5, 5.41) is 13.7. The second-order valence-corrected chi connectivity index (χ2v) is 6.42. The molecule has 122 valence electrons. The van der Waals surface area contributed by atoms with Crippen molar-refractivity contribution in [1.29, 1.82) is 0 Å². The first kappa shape index (κ1) is 15.7. The lowest BCUT2D eigenvalue weighted by Crippen LogP contribution is -2.34. The number of benzene rings is 1. The SMILES string of the molecule is CC(=NNC(=S)NC1CC1)c1ccc(NC(=O)NC2CC2)cc1. The van der Waals surface area contributed by atoms with Crippen molar-refractivity contribution in [3.05, 3.63) is 29.8 Å². The van der Waals surface area contributed by atoms with Crippen molar-refractivity contribution in [2.75, 3.05) is 5.32 Å². The van der Waals surface area contributed by atoms with Crippen LogP contribution in [0.1, 0.15) is 38.2 Å². The summed E-state index contributed by atoms with van der Waals surface area (Å²) >= 11 is 5.16. The molecule has 1 aromatic carbocycles. The Bertz CT molecular complexity index is 620. The summed E-state index contributed by atoms with van der Waals surface area (Å²) in [5.74, 6) is 0. The van der Waals surface area contributed by atoms with E-state index >= 15 is 0 Å². The van der Waals surface area contributed by atoms with Gasteiger partial charge in [-0.15, -0.1) is 0 Å². The van der Waals surface area contributed by atoms with E-state index in [1.54, 1.807) is 0 Å². The van der Waals surface area contributed by atoms with Crippen LogP contribution >= 0.6 is 12.2 Å². The first-order valence-electron chi connectivity index (χ1n) is 7.89. The number of rotatable bonds is 5. The van der Waals surface area contributed by atoms with Crippen molar-refractivity contribution >= 4 is 34.8 Å². The number of nitrogens with zero attached hydrogens (tertiary/aromatic N) is 1. The molecule has 2 aliphatic rings. The van der Waals surface area contributed by atoms with E-state index < -0.39 is 0 Å². The average molecular weight is 331 g/mol. The Morgan fingerprint density at radius 2 is 1.70 bits per heavy atom. The zero-order valence-electron chi connectivity index (χ0n) is 13.1. The Hall–Kier alpha value is -2.15. The minimum atomic E-state index is -0.149. The molecule has 0 atom stereocenters. The molecule has 4 N–H and O–H groups in total. The highest BCUT2D eigenvalue weighted by Gasteiger charge is 2.23. The quantitative estimate of drug-likeness (QED) is 0.379. The highest BCUT2D eigenvalue weighted by molar-refractivity contribution is 7.80. The molecule has 2 aliphatic carbocycles. The zero-order chi connectivity index (χ0) is 16.2. The smallest absolute Gasteiger partial charge is 0.319 e. The van der Waals surface area contributed by atoms with Crippen LogP contribution in [0.2, 0.25) is 0 Å². The topological polar surface area (TPSA) is 77.6 Å². The van der Waals surface area contributed by atoms with Crippen molar-refractivity contribution in [3.63, 3.8) is 0 Å². The first-order chi connectivity index (χ1) is 11.1. The summed E-state index contributed by atoms with van der Waals surface area (Å²) < 4.78 is 0. The number of urea groups is 1. The Labute approximate surface area is 141 Å². The van der Waals surface area contributed by atoms with E-state index in [1.807, 2.05) is 31.2 Å². The minimum absolute atomic E-state index is 0.149. The van der Waals surface area contributed by atoms with Gasteiger partial charge in [0.15, 0.2) is 5.11 Å². The van der Waals surface area contributed by atoms with E-state index in [4.69, 9.17) is 12.2 Å². The van der Waals surface area contributed by atoms with Crippen molar-refractivity contribution < 1.29 is 4.79 Å². The van der Waals surface area contributed by atoms with Gasteiger partial charge in [0.25, 0.3) is 0 Å². The normalized spacial score (nSPS) is 17.3. The van der Waals surface area contributed by atoms with Crippen LogP contribution in [0.15, 0.2) is 29.4 Å². The molecule has 0 aliphatic heterocycles. The lowest BCUT2D eigenvalue weighted by atomic mass is 10.1. The molecule has 23 heavy (non-hydrogen) atoms. The summed E-state index contributed by atoms with van der Waals surface area (Å²) in [5.41, 5.74) is 5.42. The van der Waals surface area contributed by atoms with Gasteiger partial charge >= 0.3 is 6.03 Å². The maximum Gasteiger partial charge on any atom is 0.319 e. The van der Waals surface area contributed by atoms with Crippen LogP contribution < -0.4 is 21.4 Å². The van der Waals surface area contributed by atoms with E-state index in [1.165, 1.54) is 12.8 Å². The highest BCUT2D eigenvalue weighted by atomic mass is 32.1. The van der Waals surface area contributed by atoms with Crippen LogP contribution in [0.25, 0.3) is 0 Å². The molecule has 2 saturated carbocycles. The highest BCUT2D eigenvalue weighted by Crippen LogP contribution is 2.19. The maximum absolute atomic E-state index is 11.7. The molecule has 3 rings (SSSR count). The van der Waals surface area contributed by atoms with Crippen molar-refractivity contribution in [3.8, 4) is 0 Å². The van der Waals surface area contributed by atoms with Gasteiger partial charge in [0, 0.05) is 17.8 Å². The van der Waals surface area contributed by atoms with E-state index in [9.17, 15) is 4.79 Å². The van der Waals surface area contributed by atoms with Gasteiger partial charge in [-0.05, 0) is 62.5 Å². The predicted octanol–water partition coefficient (Wildman–Crippen LogP) is 2.32. The third-order valence-corrected chi connectivity index (χ3v) is 3.92. The Balaban J connectivity index is 1.50. The van der Waals surface area contributed by atoms with Crippen molar-refractivity contribution in [2.24, 2.45) is 5.10 Å². The standard InChI is InChI=1S/C16H21N5OS/c1-10(20-21-16(23)19-14-8-9-14)11-2-4-12(5-3-11)17-15(22)18-13-6-7-13/h2-5,13-14H,6-9H2,1H3,(H2,17,18,22)(H2,19,21,23). The third kappa shape index (κ3) is 5.21. The summed E-state index contributed by atoms with van der Waals surface area (Å²) in [6.07, 6.45) is 4.50. The minimum Gasteiger partial charge on any atom is -0.359 e. The second-order valence-electron chi connectivity index (χ2n) is 6.01. The van der Waals surface area contributed by atoms with E-state index in [0.29, 0.717) is 17.2 Å². The number of thiocarbonyl (C=S) groups is 1. The summed E-state index contributed by atoms with van der Waals surface area (Å²) in [6.45, 7) is 1.91. The lowest BCUT2D eigenvalue weighted by molar-refractivity contribution is 0.251. The van der Waals surface area contributed by atoms with Gasteiger partial charge in [0.2, 0.25) is 0 Å². The molecule has 0 bridgehead atoms. The van der Waals surface area contributed by atoms with Crippen LogP contribution in [-0.2, 0) is 0 Å². The van der Waals surface area contributed by atoms with Gasteiger partial charge in [-0.1, -0.05) is 12.1 Å². The molecule has 0 saturated heterocycles. The average Bonchev–Trinajstić information content (AvgIpc) is 3.42. The molecule has 6 nitrogen and oxygen atoms in total. The van der Waals surface area contributed by atoms with E-state index in [-0.39, 0.29) is 6.03 Å². The van der Waals surface area contributed by atoms with Gasteiger partial charge in [-0.3, -0.25) is 5.43 Å². The summed E-state index contributed by atoms with van der Waals surface area (Å²) in [4.78, 5) is 11.7. The molecule has 0 aromatic heterocycles. The number of anilines is 1. The number of hydrogen-bond donors (Lipinski definition) is 4. The van der Waals surface area contributed by atoms with Gasteiger partial charge in [-0.2, -0.15) is 5.10 Å². The molecule has 7 heteroatoms. The summed E-state index contributed by atoms with van der Waals surface area (Å²) in [7, 11) is 0. The van der Waals surface area contributed by atoms with E-state index in [2.05, 4.69) is 26.5 Å². The van der Waals surface area contributed by atoms with Gasteiger partial charge in [-0.25, -0.2) is 4.79 Å². The van der Waals surface area contributed by atoms with Gasteiger partial charge in [0.1, 0.15) is 0 Å². The molecule has 0 heterocycles. The summed E-state index contributed by atoms with van der Waals surface area (Å²) in [6, 6.07) is 8.28. The Morgan fingerprint density at radius 1 is 1.09 bits per heavy atom. The largest absolute Gasteiger partial charge is 0.359 e. The molecule has 0 spiro atoms. The van der Waals surface area contributed by atoms with Crippen molar-refractivity contribution in [2.45, 2.75) is 44.7 Å². The van der Waals surface area contributed by atoms with Crippen LogP contribution in [0.4, 0.5) is 10.5 Å². The monoisotopic (exact) mass is 331 g/mol. The van der Waals surface area contributed by atoms with Gasteiger partial charge in [0.05, 0.1) is 5.71 Å². The number of hydrogen-bond acceptors (Lipinski definition) is 3. The molecule has 1 aromatic rings. The lowest BCUT2D eigenvalue weighted by Gasteiger charge is -2.08. The van der Waals surface area contributed by atoms with E-state index in [0.717, 1.165) is 29.8 Å². The third-order valence-electron chi connectivity index (χ3n) is 3.71. The number of carbonyl (C=O) groups is 1. The van der Waals surface area contributed by atoms with Crippen LogP contribution in [-0.4, -0.2) is 28.9 Å². The maximum atomic E-state index is 11.7.